The van der Waals surface area contributed by atoms with Gasteiger partial charge in [0.15, 0.2) is 11.6 Å². The number of nitrogens with zero attached hydrogens (tertiary/aromatic N) is 5. The second-order valence-corrected chi connectivity index (χ2v) is 9.63. The van der Waals surface area contributed by atoms with Crippen molar-refractivity contribution in [2.75, 3.05) is 42.4 Å². The van der Waals surface area contributed by atoms with E-state index in [1.54, 1.807) is 16.6 Å². The Morgan fingerprint density at radius 3 is 2.49 bits per heavy atom. The summed E-state index contributed by atoms with van der Waals surface area (Å²) in [5, 5.41) is 6.94. The van der Waals surface area contributed by atoms with Gasteiger partial charge in [-0.25, -0.2) is 19.1 Å². The van der Waals surface area contributed by atoms with Crippen molar-refractivity contribution in [3.8, 4) is 11.1 Å². The van der Waals surface area contributed by atoms with Crippen LogP contribution in [0.1, 0.15) is 23.0 Å². The maximum atomic E-state index is 13.1. The summed E-state index contributed by atoms with van der Waals surface area (Å²) in [5.74, 6) is -2.75. The highest BCUT2D eigenvalue weighted by Crippen LogP contribution is 2.32. The highest BCUT2D eigenvalue weighted by Gasteiger charge is 2.44. The van der Waals surface area contributed by atoms with Crippen molar-refractivity contribution in [1.82, 2.24) is 19.5 Å². The zero-order valence-electron chi connectivity index (χ0n) is 22.8. The molecular formula is C28H26F3N7O5. The number of halogens is 3. The number of ether oxygens (including phenoxy) is 1. The minimum atomic E-state index is -5.37. The molecule has 5 rings (SSSR count). The quantitative estimate of drug-likeness (QED) is 0.248. The third-order valence-corrected chi connectivity index (χ3v) is 6.67. The van der Waals surface area contributed by atoms with E-state index < -0.39 is 24.0 Å². The van der Waals surface area contributed by atoms with E-state index >= 15 is 0 Å². The van der Waals surface area contributed by atoms with Crippen LogP contribution < -0.4 is 16.1 Å². The van der Waals surface area contributed by atoms with E-state index in [1.165, 1.54) is 43.6 Å². The lowest BCUT2D eigenvalue weighted by molar-refractivity contribution is -0.199. The van der Waals surface area contributed by atoms with Crippen LogP contribution in [0.4, 0.5) is 35.2 Å². The Hall–Kier alpha value is -5.02. The molecule has 224 valence electrons. The molecule has 43 heavy (non-hydrogen) atoms. The molecule has 4 aromatic rings. The second kappa shape index (κ2) is 12.1. The van der Waals surface area contributed by atoms with E-state index in [9.17, 15) is 27.6 Å². The van der Waals surface area contributed by atoms with Crippen LogP contribution in [0.15, 0.2) is 60.9 Å². The number of nitrogens with two attached hydrogens (primary N) is 1. The molecule has 0 unspecified atom stereocenters. The van der Waals surface area contributed by atoms with E-state index in [0.29, 0.717) is 30.8 Å². The van der Waals surface area contributed by atoms with Crippen molar-refractivity contribution in [3.63, 3.8) is 0 Å². The largest absolute Gasteiger partial charge is 0.493 e. The number of nitrogen functional groups attached to an aromatic ring is 1. The maximum Gasteiger partial charge on any atom is 0.493 e. The summed E-state index contributed by atoms with van der Waals surface area (Å²) in [6.45, 7) is 4.65. The van der Waals surface area contributed by atoms with Gasteiger partial charge in [-0.1, -0.05) is 24.3 Å². The minimum absolute atomic E-state index is 0.0961. The van der Waals surface area contributed by atoms with Crippen LogP contribution in [0.2, 0.25) is 0 Å². The van der Waals surface area contributed by atoms with Gasteiger partial charge in [-0.2, -0.15) is 18.3 Å². The monoisotopic (exact) mass is 597 g/mol. The molecule has 1 saturated heterocycles. The summed E-state index contributed by atoms with van der Waals surface area (Å²) < 4.78 is 46.1. The van der Waals surface area contributed by atoms with Gasteiger partial charge < -0.3 is 20.6 Å². The van der Waals surface area contributed by atoms with Gasteiger partial charge in [-0.15, -0.1) is 5.06 Å². The predicted octanol–water partition coefficient (Wildman–Crippen LogP) is 4.07. The zero-order chi connectivity index (χ0) is 30.7. The summed E-state index contributed by atoms with van der Waals surface area (Å²) in [6.07, 6.45) is -4.00. The minimum Gasteiger partial charge on any atom is -0.382 e. The molecule has 3 heterocycles. The Morgan fingerprint density at radius 2 is 1.81 bits per heavy atom. The van der Waals surface area contributed by atoms with Crippen LogP contribution in [0.3, 0.4) is 0 Å². The number of amides is 2. The summed E-state index contributed by atoms with van der Waals surface area (Å²) in [6, 6.07) is 12.2. The average molecular weight is 598 g/mol. The van der Waals surface area contributed by atoms with Crippen LogP contribution in [-0.4, -0.2) is 69.8 Å². The lowest BCUT2D eigenvalue weighted by atomic mass is 10.1. The van der Waals surface area contributed by atoms with Crippen LogP contribution >= 0.6 is 0 Å². The van der Waals surface area contributed by atoms with Crippen molar-refractivity contribution < 1.29 is 37.1 Å². The van der Waals surface area contributed by atoms with Gasteiger partial charge in [0.1, 0.15) is 11.8 Å². The Morgan fingerprint density at radius 1 is 1.09 bits per heavy atom. The molecule has 0 atom stereocenters. The van der Waals surface area contributed by atoms with Gasteiger partial charge in [0.05, 0.1) is 24.6 Å². The first-order valence-corrected chi connectivity index (χ1v) is 13.0. The number of Topliss-reactive ketones (excluding diaryl/α,β-unsaturated/α-hetero) is 1. The molecule has 3 N–H and O–H groups in total. The molecule has 1 fully saturated rings. The van der Waals surface area contributed by atoms with Gasteiger partial charge in [0.25, 0.3) is 0 Å². The van der Waals surface area contributed by atoms with Crippen LogP contribution in [0, 0.1) is 0 Å². The highest BCUT2D eigenvalue weighted by molar-refractivity contribution is 6.03. The van der Waals surface area contributed by atoms with Crippen molar-refractivity contribution in [2.24, 2.45) is 0 Å². The van der Waals surface area contributed by atoms with E-state index in [0.717, 1.165) is 30.4 Å². The molecule has 15 heteroatoms. The molecule has 0 bridgehead atoms. The number of carbonyl (C=O) groups excluding carboxylic acids is 3. The van der Waals surface area contributed by atoms with E-state index in [1.807, 2.05) is 6.07 Å². The van der Waals surface area contributed by atoms with Crippen LogP contribution in [0.25, 0.3) is 16.6 Å². The topological polar surface area (TPSA) is 144 Å². The number of hydrogen-bond donors (Lipinski definition) is 2. The molecule has 0 aliphatic carbocycles. The molecule has 12 nitrogen and oxygen atoms in total. The number of benzene rings is 2. The first-order chi connectivity index (χ1) is 20.5. The average Bonchev–Trinajstić information content (AvgIpc) is 3.35. The van der Waals surface area contributed by atoms with Gasteiger partial charge in [0, 0.05) is 36.4 Å². The zero-order valence-corrected chi connectivity index (χ0v) is 22.8. The number of hydrogen-bond acceptors (Lipinski definition) is 9. The number of alkyl halides is 3. The number of carbonyl (C=O) groups is 3. The van der Waals surface area contributed by atoms with Crippen molar-refractivity contribution in [3.05, 3.63) is 72.2 Å². The number of hydroxylamine groups is 1. The molecule has 1 aliphatic rings. The molecule has 0 spiro atoms. The summed E-state index contributed by atoms with van der Waals surface area (Å²) in [7, 11) is 0. The standard InChI is InChI=1S/C28H26F3N7O5/c1-17(39)19-3-2-4-21(13-19)38(43-26(40)28(29,30)31)27(41)35-20-7-5-18(6-8-20)23-14-22(15-36-9-11-42-12-10-36)37-24(23)25(32)33-16-34-37/h2-8,13-14,16H,9-12,15H2,1H3,(H,35,41)(H2,32,33,34). The van der Waals surface area contributed by atoms with Gasteiger partial charge >= 0.3 is 18.2 Å². The molecule has 0 saturated carbocycles. The molecule has 2 amide bonds. The Kier molecular flexibility index (Phi) is 8.27. The maximum absolute atomic E-state index is 13.1. The lowest BCUT2D eigenvalue weighted by Crippen LogP contribution is -2.41. The highest BCUT2D eigenvalue weighted by atomic mass is 19.4. The van der Waals surface area contributed by atoms with E-state index in [-0.39, 0.29) is 27.8 Å². The molecular weight excluding hydrogens is 571 g/mol. The SMILES string of the molecule is CC(=O)c1cccc(N(OC(=O)C(F)(F)F)C(=O)Nc2ccc(-c3cc(CN4CCOCC4)n4ncnc(N)c34)cc2)c1. The van der Waals surface area contributed by atoms with Gasteiger partial charge in [0.2, 0.25) is 0 Å². The van der Waals surface area contributed by atoms with E-state index in [2.05, 4.69) is 25.1 Å². The molecule has 2 aromatic heterocycles. The number of ketones is 1. The molecule has 1 aliphatic heterocycles. The fourth-order valence-corrected chi connectivity index (χ4v) is 4.56. The second-order valence-electron chi connectivity index (χ2n) is 9.63. The lowest BCUT2D eigenvalue weighted by Gasteiger charge is -2.26. The molecule has 2 aromatic carbocycles. The third kappa shape index (κ3) is 6.57. The number of nitrogens with one attached hydrogen (secondary N) is 1. The fourth-order valence-electron chi connectivity index (χ4n) is 4.56. The number of rotatable bonds is 6. The van der Waals surface area contributed by atoms with E-state index in [4.69, 9.17) is 10.5 Å². The number of urea groups is 1. The summed E-state index contributed by atoms with van der Waals surface area (Å²) in [4.78, 5) is 47.2. The smallest absolute Gasteiger partial charge is 0.382 e. The Balaban J connectivity index is 1.41. The van der Waals surface area contributed by atoms with Crippen LogP contribution in [-0.2, 0) is 20.9 Å². The van der Waals surface area contributed by atoms with Gasteiger partial charge in [-0.3, -0.25) is 9.69 Å². The van der Waals surface area contributed by atoms with Crippen molar-refractivity contribution in [1.29, 1.82) is 0 Å². The summed E-state index contributed by atoms with van der Waals surface area (Å²) >= 11 is 0. The number of aromatic nitrogens is 3. The first kappa shape index (κ1) is 29.5. The molecule has 0 radical (unpaired) electrons. The number of anilines is 3. The number of fused-ring (bicyclic) bond motifs is 1. The predicted molar refractivity (Wildman–Crippen MR) is 149 cm³/mol. The summed E-state index contributed by atoms with van der Waals surface area (Å²) in [5.41, 5.74) is 9.16. The fraction of sp³-hybridized carbons (Fsp3) is 0.250. The number of morpholine rings is 1. The Bertz CT molecular complexity index is 1670. The van der Waals surface area contributed by atoms with Gasteiger partial charge in [-0.05, 0) is 42.8 Å². The Labute approximate surface area is 242 Å². The normalized spacial score (nSPS) is 14.0. The third-order valence-electron chi connectivity index (χ3n) is 6.67. The van der Waals surface area contributed by atoms with Crippen LogP contribution in [0.5, 0.6) is 0 Å². The first-order valence-electron chi connectivity index (χ1n) is 13.0. The van der Waals surface area contributed by atoms with Crippen molar-refractivity contribution >= 4 is 40.5 Å². The van der Waals surface area contributed by atoms with Crippen molar-refractivity contribution in [2.45, 2.75) is 19.6 Å².